The summed E-state index contributed by atoms with van der Waals surface area (Å²) in [4.78, 5) is 31.5. The predicted molar refractivity (Wildman–Crippen MR) is 132 cm³/mol. The van der Waals surface area contributed by atoms with Crippen LogP contribution in [0, 0.1) is 5.82 Å². The molecule has 2 aromatic heterocycles. The van der Waals surface area contributed by atoms with E-state index >= 15 is 0 Å². The van der Waals surface area contributed by atoms with Gasteiger partial charge < -0.3 is 9.47 Å². The van der Waals surface area contributed by atoms with Gasteiger partial charge in [0.05, 0.1) is 11.1 Å². The van der Waals surface area contributed by atoms with Crippen LogP contribution in [0.15, 0.2) is 70.5 Å². The van der Waals surface area contributed by atoms with Gasteiger partial charge in [0.1, 0.15) is 23.9 Å². The van der Waals surface area contributed by atoms with E-state index in [1.54, 1.807) is 36.4 Å². The first-order valence-electron chi connectivity index (χ1n) is 10.5. The molecule has 6 nitrogen and oxygen atoms in total. The second-order valence-corrected chi connectivity index (χ2v) is 9.31. The van der Waals surface area contributed by atoms with E-state index in [0.29, 0.717) is 51.2 Å². The number of benzene rings is 2. The molecule has 0 spiro atoms. The molecule has 0 atom stereocenters. The zero-order valence-corrected chi connectivity index (χ0v) is 19.6. The maximum atomic E-state index is 13.4. The molecule has 172 valence electrons. The zero-order chi connectivity index (χ0) is 23.7. The van der Waals surface area contributed by atoms with E-state index < -0.39 is 0 Å². The van der Waals surface area contributed by atoms with Crippen LogP contribution in [-0.4, -0.2) is 34.3 Å². The normalized spacial score (nSPS) is 12.6. The summed E-state index contributed by atoms with van der Waals surface area (Å²) >= 11 is 2.54. The molecule has 0 aliphatic carbocycles. The summed E-state index contributed by atoms with van der Waals surface area (Å²) in [6, 6.07) is 11.1. The van der Waals surface area contributed by atoms with Gasteiger partial charge in [0.15, 0.2) is 22.4 Å². The van der Waals surface area contributed by atoms with Gasteiger partial charge in [-0.1, -0.05) is 30.0 Å². The summed E-state index contributed by atoms with van der Waals surface area (Å²) in [5.41, 5.74) is 1.73. The molecule has 0 amide bonds. The first kappa shape index (κ1) is 22.4. The highest BCUT2D eigenvalue weighted by atomic mass is 32.2. The second kappa shape index (κ2) is 9.44. The number of halogens is 1. The van der Waals surface area contributed by atoms with Gasteiger partial charge in [-0.3, -0.25) is 14.2 Å². The average Bonchev–Trinajstić information content (AvgIpc) is 3.29. The van der Waals surface area contributed by atoms with Gasteiger partial charge >= 0.3 is 0 Å². The van der Waals surface area contributed by atoms with E-state index in [4.69, 9.17) is 9.47 Å². The summed E-state index contributed by atoms with van der Waals surface area (Å²) in [6.07, 6.45) is 1.62. The minimum Gasteiger partial charge on any atom is -0.486 e. The lowest BCUT2D eigenvalue weighted by Crippen LogP contribution is -2.23. The topological polar surface area (TPSA) is 70.4 Å². The molecule has 9 heteroatoms. The summed E-state index contributed by atoms with van der Waals surface area (Å²) in [5.74, 6) is 0.825. The number of aromatic nitrogens is 2. The van der Waals surface area contributed by atoms with Crippen LogP contribution in [0.4, 0.5) is 4.39 Å². The number of hydrogen-bond acceptors (Lipinski definition) is 7. The smallest absolute Gasteiger partial charge is 0.263 e. The number of thioether (sulfide) groups is 1. The van der Waals surface area contributed by atoms with Crippen molar-refractivity contribution in [3.8, 4) is 22.6 Å². The molecule has 1 aliphatic heterocycles. The van der Waals surface area contributed by atoms with Gasteiger partial charge in [0.25, 0.3) is 5.56 Å². The first-order chi connectivity index (χ1) is 16.5. The van der Waals surface area contributed by atoms with E-state index in [-0.39, 0.29) is 29.5 Å². The van der Waals surface area contributed by atoms with Gasteiger partial charge in [0.2, 0.25) is 0 Å². The van der Waals surface area contributed by atoms with Crippen LogP contribution in [0.1, 0.15) is 10.4 Å². The molecule has 0 bridgehead atoms. The van der Waals surface area contributed by atoms with Gasteiger partial charge in [-0.15, -0.1) is 17.9 Å². The Hall–Kier alpha value is -3.43. The van der Waals surface area contributed by atoms with Crippen molar-refractivity contribution >= 4 is 39.1 Å². The molecular formula is C25H19FN2O4S2. The fraction of sp³-hybridized carbons (Fsp3) is 0.160. The maximum Gasteiger partial charge on any atom is 0.263 e. The third-order valence-electron chi connectivity index (χ3n) is 5.32. The van der Waals surface area contributed by atoms with Crippen molar-refractivity contribution in [2.24, 2.45) is 0 Å². The zero-order valence-electron chi connectivity index (χ0n) is 18.0. The Morgan fingerprint density at radius 3 is 2.71 bits per heavy atom. The second-order valence-electron chi connectivity index (χ2n) is 7.51. The number of carbonyl (C=O) groups is 1. The Morgan fingerprint density at radius 2 is 1.94 bits per heavy atom. The van der Waals surface area contributed by atoms with E-state index in [0.717, 1.165) is 5.56 Å². The number of nitrogens with zero attached hydrogens (tertiary/aromatic N) is 2. The fourth-order valence-corrected chi connectivity index (χ4v) is 5.57. The maximum absolute atomic E-state index is 13.4. The molecule has 0 N–H and O–H groups in total. The standard InChI is InChI=1S/C25H19FN2O4S2/c1-2-9-28-24(30)22-18(15-3-6-17(26)7-4-15)13-33-23(22)27-25(28)34-14-19(29)16-5-8-20-21(12-16)32-11-10-31-20/h2-8,12-13H,1,9-11,14H2. The van der Waals surface area contributed by atoms with Crippen molar-refractivity contribution in [3.05, 3.63) is 82.2 Å². The van der Waals surface area contributed by atoms with Crippen LogP contribution in [-0.2, 0) is 6.54 Å². The highest BCUT2D eigenvalue weighted by Gasteiger charge is 2.19. The van der Waals surface area contributed by atoms with Crippen LogP contribution in [0.25, 0.3) is 21.3 Å². The summed E-state index contributed by atoms with van der Waals surface area (Å²) < 4.78 is 25.9. The largest absolute Gasteiger partial charge is 0.486 e. The lowest BCUT2D eigenvalue weighted by Gasteiger charge is -2.18. The molecule has 5 rings (SSSR count). The van der Waals surface area contributed by atoms with E-state index in [1.807, 2.05) is 5.38 Å². The van der Waals surface area contributed by atoms with Crippen molar-refractivity contribution in [1.82, 2.24) is 9.55 Å². The fourth-order valence-electron chi connectivity index (χ4n) is 3.68. The van der Waals surface area contributed by atoms with Crippen molar-refractivity contribution in [2.75, 3.05) is 19.0 Å². The molecule has 0 fully saturated rings. The van der Waals surface area contributed by atoms with Crippen LogP contribution in [0.3, 0.4) is 0 Å². The highest BCUT2D eigenvalue weighted by molar-refractivity contribution is 7.99. The number of thiophene rings is 1. The third-order valence-corrected chi connectivity index (χ3v) is 7.17. The minimum absolute atomic E-state index is 0.102. The lowest BCUT2D eigenvalue weighted by atomic mass is 10.1. The number of carbonyl (C=O) groups excluding carboxylic acids is 1. The Bertz CT molecular complexity index is 1460. The molecular weight excluding hydrogens is 475 g/mol. The number of Topliss-reactive ketones (excluding diaryl/α,β-unsaturated/α-hetero) is 1. The van der Waals surface area contributed by atoms with Gasteiger partial charge in [0, 0.05) is 23.1 Å². The Labute approximate surface area is 202 Å². The average molecular weight is 495 g/mol. The van der Waals surface area contributed by atoms with Gasteiger partial charge in [-0.2, -0.15) is 0 Å². The molecule has 0 unspecified atom stereocenters. The molecule has 2 aromatic carbocycles. The Kier molecular flexibility index (Phi) is 6.21. The molecule has 1 aliphatic rings. The summed E-state index contributed by atoms with van der Waals surface area (Å²) in [6.45, 7) is 4.93. The van der Waals surface area contributed by atoms with Crippen LogP contribution in [0.5, 0.6) is 11.5 Å². The summed E-state index contributed by atoms with van der Waals surface area (Å²) in [5, 5.41) is 2.76. The van der Waals surface area contributed by atoms with E-state index in [1.165, 1.54) is 39.8 Å². The number of allylic oxidation sites excluding steroid dienone is 1. The number of hydrogen-bond donors (Lipinski definition) is 0. The number of ether oxygens (including phenoxy) is 2. The Morgan fingerprint density at radius 1 is 1.18 bits per heavy atom. The SMILES string of the molecule is C=CCn1c(SCC(=O)c2ccc3c(c2)OCCO3)nc2scc(-c3ccc(F)cc3)c2c1=O. The number of ketones is 1. The molecule has 0 radical (unpaired) electrons. The molecule has 4 aromatic rings. The molecule has 34 heavy (non-hydrogen) atoms. The van der Waals surface area contributed by atoms with E-state index in [9.17, 15) is 14.0 Å². The van der Waals surface area contributed by atoms with Crippen LogP contribution in [0.2, 0.25) is 0 Å². The molecule has 3 heterocycles. The van der Waals surface area contributed by atoms with Crippen molar-refractivity contribution in [3.63, 3.8) is 0 Å². The van der Waals surface area contributed by atoms with Crippen molar-refractivity contribution in [2.45, 2.75) is 11.7 Å². The Balaban J connectivity index is 1.45. The first-order valence-corrected chi connectivity index (χ1v) is 12.4. The quantitative estimate of drug-likeness (QED) is 0.152. The predicted octanol–water partition coefficient (Wildman–Crippen LogP) is 5.20. The van der Waals surface area contributed by atoms with Gasteiger partial charge in [-0.25, -0.2) is 9.37 Å². The van der Waals surface area contributed by atoms with Gasteiger partial charge in [-0.05, 0) is 35.9 Å². The highest BCUT2D eigenvalue weighted by Crippen LogP contribution is 2.33. The number of rotatable bonds is 7. The van der Waals surface area contributed by atoms with Crippen LogP contribution < -0.4 is 15.0 Å². The lowest BCUT2D eigenvalue weighted by molar-refractivity contribution is 0.102. The van der Waals surface area contributed by atoms with Crippen molar-refractivity contribution < 1.29 is 18.7 Å². The number of fused-ring (bicyclic) bond motifs is 2. The summed E-state index contributed by atoms with van der Waals surface area (Å²) in [7, 11) is 0. The molecule has 0 saturated carbocycles. The monoisotopic (exact) mass is 494 g/mol. The van der Waals surface area contributed by atoms with Crippen LogP contribution >= 0.6 is 23.1 Å². The minimum atomic E-state index is -0.341. The third kappa shape index (κ3) is 4.24. The molecule has 0 saturated heterocycles. The van der Waals surface area contributed by atoms with Crippen molar-refractivity contribution in [1.29, 1.82) is 0 Å². The van der Waals surface area contributed by atoms with E-state index in [2.05, 4.69) is 11.6 Å².